The van der Waals surface area contributed by atoms with Crippen LogP contribution in [0.2, 0.25) is 5.02 Å². The summed E-state index contributed by atoms with van der Waals surface area (Å²) in [6.07, 6.45) is -5.96. The van der Waals surface area contributed by atoms with E-state index in [-0.39, 0.29) is 21.3 Å². The Labute approximate surface area is 146 Å². The van der Waals surface area contributed by atoms with Crippen molar-refractivity contribution in [2.45, 2.75) is 18.3 Å². The van der Waals surface area contributed by atoms with Gasteiger partial charge in [0.1, 0.15) is 0 Å². The summed E-state index contributed by atoms with van der Waals surface area (Å²) >= 11 is 5.90. The number of alkyl halides is 3. The first-order valence-corrected chi connectivity index (χ1v) is 7.63. The topological polar surface area (TPSA) is 52.9 Å². The van der Waals surface area contributed by atoms with Crippen molar-refractivity contribution in [2.24, 2.45) is 5.10 Å². The standard InChI is InChI=1S/C17H12ClF3N2O2/c18-13-9-5-4-8-12(13)15(24)23-16(25,17(19,20)21)10-14(22-23)11-6-2-1-3-7-11/h1-9,25H,10H2/t16-/m1/s1. The predicted octanol–water partition coefficient (Wildman–Crippen LogP) is 3.84. The number of rotatable bonds is 2. The van der Waals surface area contributed by atoms with Crippen LogP contribution in [0.1, 0.15) is 22.3 Å². The van der Waals surface area contributed by atoms with Crippen molar-refractivity contribution in [3.63, 3.8) is 0 Å². The van der Waals surface area contributed by atoms with Gasteiger partial charge in [-0.2, -0.15) is 23.3 Å². The Hall–Kier alpha value is -2.38. The van der Waals surface area contributed by atoms with Crippen molar-refractivity contribution in [1.82, 2.24) is 5.01 Å². The molecule has 1 atom stereocenters. The Morgan fingerprint density at radius 2 is 1.72 bits per heavy atom. The van der Waals surface area contributed by atoms with E-state index in [1.165, 1.54) is 24.3 Å². The third-order valence-corrected chi connectivity index (χ3v) is 4.17. The molecule has 0 fully saturated rings. The van der Waals surface area contributed by atoms with Crippen LogP contribution in [0.3, 0.4) is 0 Å². The second kappa shape index (κ2) is 6.16. The average molecular weight is 369 g/mol. The van der Waals surface area contributed by atoms with E-state index < -0.39 is 24.2 Å². The fraction of sp³-hybridized carbons (Fsp3) is 0.176. The summed E-state index contributed by atoms with van der Waals surface area (Å²) in [5, 5.41) is 14.1. The van der Waals surface area contributed by atoms with Gasteiger partial charge in [-0.3, -0.25) is 4.79 Å². The highest BCUT2D eigenvalue weighted by molar-refractivity contribution is 6.33. The number of benzene rings is 2. The van der Waals surface area contributed by atoms with Crippen LogP contribution in [0.25, 0.3) is 0 Å². The lowest BCUT2D eigenvalue weighted by Crippen LogP contribution is -2.56. The molecule has 2 aromatic rings. The molecule has 1 N–H and O–H groups in total. The van der Waals surface area contributed by atoms with Gasteiger partial charge in [-0.25, -0.2) is 0 Å². The molecule has 0 radical (unpaired) electrons. The zero-order chi connectivity index (χ0) is 18.2. The number of hydrogen-bond acceptors (Lipinski definition) is 3. The van der Waals surface area contributed by atoms with Crippen LogP contribution in [0.5, 0.6) is 0 Å². The first-order valence-electron chi connectivity index (χ1n) is 7.25. The Morgan fingerprint density at radius 3 is 2.32 bits per heavy atom. The summed E-state index contributed by atoms with van der Waals surface area (Å²) in [6, 6.07) is 13.7. The van der Waals surface area contributed by atoms with Crippen LogP contribution < -0.4 is 0 Å². The van der Waals surface area contributed by atoms with Crippen molar-refractivity contribution in [3.8, 4) is 0 Å². The van der Waals surface area contributed by atoms with Crippen LogP contribution in [-0.4, -0.2) is 33.6 Å². The van der Waals surface area contributed by atoms with E-state index in [1.54, 1.807) is 30.3 Å². The summed E-state index contributed by atoms with van der Waals surface area (Å²) in [5.74, 6) is -1.13. The van der Waals surface area contributed by atoms with Crippen molar-refractivity contribution in [3.05, 3.63) is 70.7 Å². The first-order chi connectivity index (χ1) is 11.7. The van der Waals surface area contributed by atoms with Crippen LogP contribution in [0, 0.1) is 0 Å². The van der Waals surface area contributed by atoms with Crippen LogP contribution in [0.15, 0.2) is 59.7 Å². The fourth-order valence-electron chi connectivity index (χ4n) is 2.52. The zero-order valence-corrected chi connectivity index (χ0v) is 13.4. The quantitative estimate of drug-likeness (QED) is 0.875. The van der Waals surface area contributed by atoms with E-state index in [1.807, 2.05) is 0 Å². The Kier molecular flexibility index (Phi) is 4.30. The van der Waals surface area contributed by atoms with Gasteiger partial charge in [-0.15, -0.1) is 0 Å². The minimum atomic E-state index is -5.09. The van der Waals surface area contributed by atoms with Gasteiger partial charge in [-0.05, 0) is 17.7 Å². The van der Waals surface area contributed by atoms with Crippen LogP contribution in [0.4, 0.5) is 13.2 Å². The molecule has 0 saturated carbocycles. The van der Waals surface area contributed by atoms with Crippen LogP contribution in [-0.2, 0) is 0 Å². The summed E-state index contributed by atoms with van der Waals surface area (Å²) in [6.45, 7) is 0. The number of amides is 1. The van der Waals surface area contributed by atoms with Gasteiger partial charge < -0.3 is 5.11 Å². The third kappa shape index (κ3) is 3.01. The zero-order valence-electron chi connectivity index (χ0n) is 12.7. The van der Waals surface area contributed by atoms with E-state index >= 15 is 0 Å². The molecule has 8 heteroatoms. The molecule has 0 aromatic heterocycles. The lowest BCUT2D eigenvalue weighted by Gasteiger charge is -2.32. The molecule has 4 nitrogen and oxygen atoms in total. The molecular weight excluding hydrogens is 357 g/mol. The summed E-state index contributed by atoms with van der Waals surface area (Å²) < 4.78 is 40.5. The van der Waals surface area contributed by atoms with Crippen molar-refractivity contribution < 1.29 is 23.1 Å². The Balaban J connectivity index is 2.08. The molecule has 1 aliphatic rings. The molecule has 1 aliphatic heterocycles. The maximum atomic E-state index is 13.5. The van der Waals surface area contributed by atoms with E-state index in [4.69, 9.17) is 11.6 Å². The summed E-state index contributed by atoms with van der Waals surface area (Å²) in [7, 11) is 0. The average Bonchev–Trinajstić information content (AvgIpc) is 2.94. The van der Waals surface area contributed by atoms with E-state index in [0.29, 0.717) is 5.56 Å². The summed E-state index contributed by atoms with van der Waals surface area (Å²) in [4.78, 5) is 12.6. The third-order valence-electron chi connectivity index (χ3n) is 3.84. The predicted molar refractivity (Wildman–Crippen MR) is 86.2 cm³/mol. The molecule has 25 heavy (non-hydrogen) atoms. The highest BCUT2D eigenvalue weighted by Crippen LogP contribution is 2.42. The molecule has 1 amide bonds. The molecule has 0 aliphatic carbocycles. The Morgan fingerprint density at radius 1 is 1.12 bits per heavy atom. The smallest absolute Gasteiger partial charge is 0.362 e. The number of carbonyl (C=O) groups is 1. The van der Waals surface area contributed by atoms with E-state index in [0.717, 1.165) is 0 Å². The number of nitrogens with zero attached hydrogens (tertiary/aromatic N) is 2. The fourth-order valence-corrected chi connectivity index (χ4v) is 2.74. The number of halogens is 4. The lowest BCUT2D eigenvalue weighted by molar-refractivity contribution is -0.297. The van der Waals surface area contributed by atoms with Gasteiger partial charge in [-0.1, -0.05) is 54.1 Å². The number of hydrogen-bond donors (Lipinski definition) is 1. The molecule has 130 valence electrons. The maximum absolute atomic E-state index is 13.5. The van der Waals surface area contributed by atoms with Crippen LogP contribution >= 0.6 is 11.6 Å². The van der Waals surface area contributed by atoms with E-state index in [9.17, 15) is 23.1 Å². The van der Waals surface area contributed by atoms with Crippen molar-refractivity contribution in [1.29, 1.82) is 0 Å². The SMILES string of the molecule is O=C(c1ccccc1Cl)N1N=C(c2ccccc2)C[C@@]1(O)C(F)(F)F. The monoisotopic (exact) mass is 368 g/mol. The number of aliphatic hydroxyl groups is 1. The minimum Gasteiger partial charge on any atom is -0.362 e. The van der Waals surface area contributed by atoms with E-state index in [2.05, 4.69) is 5.10 Å². The largest absolute Gasteiger partial charge is 0.438 e. The summed E-state index contributed by atoms with van der Waals surface area (Å²) in [5.41, 5.74) is -3.26. The molecule has 0 unspecified atom stereocenters. The highest BCUT2D eigenvalue weighted by Gasteiger charge is 2.63. The normalized spacial score (nSPS) is 20.5. The van der Waals surface area contributed by atoms with Gasteiger partial charge in [0.2, 0.25) is 0 Å². The minimum absolute atomic E-state index is 0.0274. The molecule has 0 spiro atoms. The molecular formula is C17H12ClF3N2O2. The lowest BCUT2D eigenvalue weighted by atomic mass is 10.0. The number of hydrazone groups is 1. The molecule has 0 bridgehead atoms. The second-order valence-corrected chi connectivity index (χ2v) is 5.91. The van der Waals surface area contributed by atoms with Gasteiger partial charge in [0.15, 0.2) is 0 Å². The first kappa shape index (κ1) is 17.4. The van der Waals surface area contributed by atoms with Gasteiger partial charge in [0, 0.05) is 0 Å². The maximum Gasteiger partial charge on any atom is 0.438 e. The Bertz CT molecular complexity index is 839. The van der Waals surface area contributed by atoms with Crippen molar-refractivity contribution in [2.75, 3.05) is 0 Å². The molecule has 1 heterocycles. The second-order valence-electron chi connectivity index (χ2n) is 5.50. The van der Waals surface area contributed by atoms with Gasteiger partial charge >= 0.3 is 6.18 Å². The number of carbonyl (C=O) groups excluding carboxylic acids is 1. The molecule has 2 aromatic carbocycles. The van der Waals surface area contributed by atoms with Gasteiger partial charge in [0.05, 0.1) is 22.7 Å². The van der Waals surface area contributed by atoms with Gasteiger partial charge in [0.25, 0.3) is 11.6 Å². The van der Waals surface area contributed by atoms with Crippen molar-refractivity contribution >= 4 is 23.2 Å². The highest BCUT2D eigenvalue weighted by atomic mass is 35.5. The molecule has 3 rings (SSSR count). The molecule has 0 saturated heterocycles.